The van der Waals surface area contributed by atoms with Crippen molar-refractivity contribution in [3.8, 4) is 0 Å². The van der Waals surface area contributed by atoms with Crippen LogP contribution in [0.25, 0.3) is 0 Å². The predicted octanol–water partition coefficient (Wildman–Crippen LogP) is 1.29. The van der Waals surface area contributed by atoms with E-state index in [9.17, 15) is 8.42 Å². The molecule has 0 aliphatic rings. The molecule has 74 valence electrons. The summed E-state index contributed by atoms with van der Waals surface area (Å²) >= 11 is 3.28. The van der Waals surface area contributed by atoms with E-state index in [1.165, 1.54) is 0 Å². The number of nitrogens with zero attached hydrogens (tertiary/aromatic N) is 2. The van der Waals surface area contributed by atoms with Crippen LogP contribution in [0.5, 0.6) is 0 Å². The molecule has 0 spiro atoms. The van der Waals surface area contributed by atoms with Crippen LogP contribution in [-0.2, 0) is 22.5 Å². The monoisotopic (exact) mass is 286 g/mol. The number of aromatic nitrogens is 2. The maximum atomic E-state index is 10.6. The molecule has 0 N–H and O–H groups in total. The minimum atomic E-state index is -3.42. The Morgan fingerprint density at radius 2 is 2.31 bits per heavy atom. The number of halogens is 2. The fourth-order valence-electron chi connectivity index (χ4n) is 0.868. The molecule has 1 aromatic heterocycles. The van der Waals surface area contributed by atoms with Crippen molar-refractivity contribution in [2.75, 3.05) is 5.75 Å². The van der Waals surface area contributed by atoms with Crippen LogP contribution in [-0.4, -0.2) is 24.0 Å². The van der Waals surface area contributed by atoms with Crippen LogP contribution in [0.1, 0.15) is 5.56 Å². The fraction of sp³-hybridized carbons (Fsp3) is 0.500. The van der Waals surface area contributed by atoms with Gasteiger partial charge in [-0.1, -0.05) is 0 Å². The van der Waals surface area contributed by atoms with Gasteiger partial charge in [-0.15, -0.1) is 0 Å². The van der Waals surface area contributed by atoms with Gasteiger partial charge in [-0.05, 0) is 22.4 Å². The number of aryl methyl sites for hydroxylation is 2. The van der Waals surface area contributed by atoms with E-state index in [1.54, 1.807) is 17.9 Å². The van der Waals surface area contributed by atoms with Gasteiger partial charge in [-0.3, -0.25) is 4.68 Å². The van der Waals surface area contributed by atoms with Crippen molar-refractivity contribution in [2.45, 2.75) is 6.42 Å². The molecular weight excluding hydrogens is 280 g/mol. The van der Waals surface area contributed by atoms with Crippen molar-refractivity contribution in [3.63, 3.8) is 0 Å². The SMILES string of the molecule is Cn1ncc(CCS(=O)(=O)Cl)c1Br. The van der Waals surface area contributed by atoms with Gasteiger partial charge in [0.1, 0.15) is 4.60 Å². The summed E-state index contributed by atoms with van der Waals surface area (Å²) in [5, 5.41) is 3.95. The molecule has 1 heterocycles. The topological polar surface area (TPSA) is 52.0 Å². The molecule has 0 fully saturated rings. The van der Waals surface area contributed by atoms with E-state index < -0.39 is 9.05 Å². The Morgan fingerprint density at radius 1 is 1.69 bits per heavy atom. The first-order valence-corrected chi connectivity index (χ1v) is 6.76. The maximum Gasteiger partial charge on any atom is 0.232 e. The molecule has 0 bridgehead atoms. The summed E-state index contributed by atoms with van der Waals surface area (Å²) in [5.74, 6) is -0.0706. The molecule has 7 heteroatoms. The van der Waals surface area contributed by atoms with E-state index in [2.05, 4.69) is 21.0 Å². The average molecular weight is 288 g/mol. The van der Waals surface area contributed by atoms with Crippen LogP contribution in [0.4, 0.5) is 0 Å². The third kappa shape index (κ3) is 3.28. The Bertz CT molecular complexity index is 401. The van der Waals surface area contributed by atoms with E-state index in [0.717, 1.165) is 10.2 Å². The summed E-state index contributed by atoms with van der Waals surface area (Å²) < 4.78 is 23.7. The number of rotatable bonds is 3. The van der Waals surface area contributed by atoms with Crippen molar-refractivity contribution in [1.29, 1.82) is 0 Å². The maximum absolute atomic E-state index is 10.6. The lowest BCUT2D eigenvalue weighted by Crippen LogP contribution is -2.01. The lowest BCUT2D eigenvalue weighted by atomic mass is 10.3. The summed E-state index contributed by atoms with van der Waals surface area (Å²) in [7, 11) is 3.42. The molecule has 13 heavy (non-hydrogen) atoms. The zero-order chi connectivity index (χ0) is 10.1. The first-order chi connectivity index (χ1) is 5.90. The van der Waals surface area contributed by atoms with Crippen molar-refractivity contribution in [2.24, 2.45) is 7.05 Å². The molecule has 0 aliphatic heterocycles. The fourth-order valence-corrected chi connectivity index (χ4v) is 1.96. The van der Waals surface area contributed by atoms with Crippen molar-refractivity contribution in [1.82, 2.24) is 9.78 Å². The Kier molecular flexibility index (Phi) is 3.37. The summed E-state index contributed by atoms with van der Waals surface area (Å²) in [6.45, 7) is 0. The van der Waals surface area contributed by atoms with Gasteiger partial charge in [0.2, 0.25) is 9.05 Å². The number of hydrogen-bond acceptors (Lipinski definition) is 3. The third-order valence-corrected chi connectivity index (χ3v) is 3.73. The van der Waals surface area contributed by atoms with Gasteiger partial charge in [0.05, 0.1) is 11.9 Å². The summed E-state index contributed by atoms with van der Waals surface area (Å²) in [4.78, 5) is 0. The van der Waals surface area contributed by atoms with Crippen LogP contribution in [0.3, 0.4) is 0 Å². The lowest BCUT2D eigenvalue weighted by molar-refractivity contribution is 0.608. The summed E-state index contributed by atoms with van der Waals surface area (Å²) in [5.41, 5.74) is 0.840. The highest BCUT2D eigenvalue weighted by Gasteiger charge is 2.10. The normalized spacial score (nSPS) is 11.9. The van der Waals surface area contributed by atoms with Gasteiger partial charge in [-0.2, -0.15) is 5.10 Å². The minimum Gasteiger partial charge on any atom is -0.261 e. The van der Waals surface area contributed by atoms with Gasteiger partial charge >= 0.3 is 0 Å². The second-order valence-corrected chi connectivity index (χ2v) is 6.22. The standard InChI is InChI=1S/C6H8BrClN2O2S/c1-10-6(7)5(4-9-10)2-3-13(8,11)12/h4H,2-3H2,1H3. The molecule has 1 aromatic rings. The zero-order valence-electron chi connectivity index (χ0n) is 6.87. The van der Waals surface area contributed by atoms with Gasteiger partial charge < -0.3 is 0 Å². The van der Waals surface area contributed by atoms with Gasteiger partial charge in [-0.25, -0.2) is 8.42 Å². The Morgan fingerprint density at radius 3 is 2.69 bits per heavy atom. The van der Waals surface area contributed by atoms with E-state index in [0.29, 0.717) is 6.42 Å². The van der Waals surface area contributed by atoms with E-state index in [1.807, 2.05) is 0 Å². The summed E-state index contributed by atoms with van der Waals surface area (Å²) in [6.07, 6.45) is 1.99. The first kappa shape index (κ1) is 11.0. The van der Waals surface area contributed by atoms with Crippen molar-refractivity contribution in [3.05, 3.63) is 16.4 Å². The third-order valence-electron chi connectivity index (χ3n) is 1.55. The summed E-state index contributed by atoms with van der Waals surface area (Å²) in [6, 6.07) is 0. The predicted molar refractivity (Wildman–Crippen MR) is 54.3 cm³/mol. The van der Waals surface area contributed by atoms with Gasteiger partial charge in [0.25, 0.3) is 0 Å². The van der Waals surface area contributed by atoms with Crippen LogP contribution in [0, 0.1) is 0 Å². The van der Waals surface area contributed by atoms with E-state index in [-0.39, 0.29) is 5.75 Å². The minimum absolute atomic E-state index is 0.0706. The first-order valence-electron chi connectivity index (χ1n) is 3.49. The van der Waals surface area contributed by atoms with Crippen molar-refractivity contribution >= 4 is 35.7 Å². The molecule has 0 amide bonds. The van der Waals surface area contributed by atoms with Crippen LogP contribution in [0.15, 0.2) is 10.8 Å². The molecule has 4 nitrogen and oxygen atoms in total. The molecule has 1 rings (SSSR count). The Balaban J connectivity index is 2.71. The molecule has 0 unspecified atom stereocenters. The molecule has 0 atom stereocenters. The lowest BCUT2D eigenvalue weighted by Gasteiger charge is -1.96. The average Bonchev–Trinajstić information content (AvgIpc) is 2.29. The highest BCUT2D eigenvalue weighted by atomic mass is 79.9. The molecule has 0 saturated carbocycles. The number of hydrogen-bond donors (Lipinski definition) is 0. The smallest absolute Gasteiger partial charge is 0.232 e. The van der Waals surface area contributed by atoms with Crippen LogP contribution < -0.4 is 0 Å². The molecular formula is C6H8BrClN2O2S. The van der Waals surface area contributed by atoms with E-state index in [4.69, 9.17) is 10.7 Å². The van der Waals surface area contributed by atoms with Crippen LogP contribution in [0.2, 0.25) is 0 Å². The highest BCUT2D eigenvalue weighted by molar-refractivity contribution is 9.10. The van der Waals surface area contributed by atoms with Gasteiger partial charge in [0, 0.05) is 23.3 Å². The second-order valence-electron chi connectivity index (χ2n) is 2.58. The molecule has 0 radical (unpaired) electrons. The molecule has 0 aromatic carbocycles. The Hall–Kier alpha value is -0.0700. The Labute approximate surface area is 89.4 Å². The zero-order valence-corrected chi connectivity index (χ0v) is 10.0. The van der Waals surface area contributed by atoms with Crippen LogP contribution >= 0.6 is 26.6 Å². The molecule has 0 saturated heterocycles. The van der Waals surface area contributed by atoms with Gasteiger partial charge in [0.15, 0.2) is 0 Å². The second kappa shape index (κ2) is 3.98. The molecule has 0 aliphatic carbocycles. The quantitative estimate of drug-likeness (QED) is 0.787. The largest absolute Gasteiger partial charge is 0.261 e. The van der Waals surface area contributed by atoms with Crippen molar-refractivity contribution < 1.29 is 8.42 Å². The highest BCUT2D eigenvalue weighted by Crippen LogP contribution is 2.16. The van der Waals surface area contributed by atoms with E-state index >= 15 is 0 Å².